The highest BCUT2D eigenvalue weighted by Crippen LogP contribution is 2.36. The van der Waals surface area contributed by atoms with Crippen molar-refractivity contribution in [1.29, 1.82) is 0 Å². The van der Waals surface area contributed by atoms with Crippen molar-refractivity contribution in [1.82, 2.24) is 4.90 Å². The molecule has 29 heavy (non-hydrogen) atoms. The molecule has 2 amide bonds. The fourth-order valence-electron chi connectivity index (χ4n) is 3.59. The van der Waals surface area contributed by atoms with E-state index in [0.717, 1.165) is 0 Å². The molecule has 0 spiro atoms. The summed E-state index contributed by atoms with van der Waals surface area (Å²) in [4.78, 5) is 29.9. The number of halogens is 1. The van der Waals surface area contributed by atoms with Crippen LogP contribution in [0.3, 0.4) is 0 Å². The van der Waals surface area contributed by atoms with Crippen LogP contribution in [-0.2, 0) is 14.3 Å². The zero-order valence-corrected chi connectivity index (χ0v) is 16.8. The van der Waals surface area contributed by atoms with E-state index in [4.69, 9.17) is 21.1 Å². The standard InChI is InChI=1S/C22H21ClN2O4/c1-2-29-18-8-6-15(7-9-18)19-20(24-10-12-28-13-11-24)22(27)25(21(19)26)17-5-3-4-16(23)14-17/h3-9,14H,2,10-13H2,1H3. The summed E-state index contributed by atoms with van der Waals surface area (Å²) in [7, 11) is 0. The molecule has 1 fully saturated rings. The first-order chi connectivity index (χ1) is 14.1. The Morgan fingerprint density at radius 2 is 1.76 bits per heavy atom. The van der Waals surface area contributed by atoms with Gasteiger partial charge in [-0.15, -0.1) is 0 Å². The van der Waals surface area contributed by atoms with Gasteiger partial charge >= 0.3 is 0 Å². The third-order valence-electron chi connectivity index (χ3n) is 4.91. The molecule has 2 aliphatic rings. The molecule has 4 rings (SSSR count). The lowest BCUT2D eigenvalue weighted by Crippen LogP contribution is -2.40. The summed E-state index contributed by atoms with van der Waals surface area (Å²) >= 11 is 6.10. The van der Waals surface area contributed by atoms with Gasteiger partial charge in [-0.3, -0.25) is 9.59 Å². The molecule has 1 saturated heterocycles. The first-order valence-electron chi connectivity index (χ1n) is 9.54. The molecular formula is C22H21ClN2O4. The molecular weight excluding hydrogens is 392 g/mol. The molecule has 0 bridgehead atoms. The molecule has 0 unspecified atom stereocenters. The Bertz CT molecular complexity index is 965. The van der Waals surface area contributed by atoms with Gasteiger partial charge in [-0.2, -0.15) is 0 Å². The molecule has 6 nitrogen and oxygen atoms in total. The van der Waals surface area contributed by atoms with Crippen molar-refractivity contribution < 1.29 is 19.1 Å². The summed E-state index contributed by atoms with van der Waals surface area (Å²) in [6.45, 7) is 4.60. The van der Waals surface area contributed by atoms with E-state index in [1.807, 2.05) is 36.1 Å². The van der Waals surface area contributed by atoms with Crippen LogP contribution in [0.25, 0.3) is 5.57 Å². The van der Waals surface area contributed by atoms with Gasteiger partial charge in [0.15, 0.2) is 0 Å². The second-order valence-electron chi connectivity index (χ2n) is 6.71. The van der Waals surface area contributed by atoms with E-state index in [-0.39, 0.29) is 11.8 Å². The van der Waals surface area contributed by atoms with Crippen molar-refractivity contribution in [2.24, 2.45) is 0 Å². The number of nitrogens with zero attached hydrogens (tertiary/aromatic N) is 2. The van der Waals surface area contributed by atoms with Crippen molar-refractivity contribution in [3.8, 4) is 5.75 Å². The minimum Gasteiger partial charge on any atom is -0.494 e. The number of carbonyl (C=O) groups is 2. The van der Waals surface area contributed by atoms with E-state index in [0.29, 0.717) is 66.2 Å². The number of morpholine rings is 1. The number of benzene rings is 2. The van der Waals surface area contributed by atoms with Crippen LogP contribution in [0.15, 0.2) is 54.2 Å². The third-order valence-corrected chi connectivity index (χ3v) is 5.14. The number of imide groups is 1. The summed E-state index contributed by atoms with van der Waals surface area (Å²) in [6.07, 6.45) is 0. The van der Waals surface area contributed by atoms with Crippen LogP contribution < -0.4 is 9.64 Å². The molecule has 2 aromatic rings. The van der Waals surface area contributed by atoms with Crippen molar-refractivity contribution in [3.63, 3.8) is 0 Å². The van der Waals surface area contributed by atoms with Gasteiger partial charge in [-0.05, 0) is 42.8 Å². The molecule has 0 atom stereocenters. The molecule has 2 heterocycles. The Labute approximate surface area is 174 Å². The van der Waals surface area contributed by atoms with Crippen molar-refractivity contribution in [2.75, 3.05) is 37.8 Å². The molecule has 150 valence electrons. The fourth-order valence-corrected chi connectivity index (χ4v) is 3.78. The number of hydrogen-bond acceptors (Lipinski definition) is 5. The fraction of sp³-hybridized carbons (Fsp3) is 0.273. The maximum atomic E-state index is 13.4. The lowest BCUT2D eigenvalue weighted by atomic mass is 10.0. The Morgan fingerprint density at radius 1 is 1.03 bits per heavy atom. The van der Waals surface area contributed by atoms with Gasteiger partial charge in [0.1, 0.15) is 11.4 Å². The third kappa shape index (κ3) is 3.73. The minimum absolute atomic E-state index is 0.344. The quantitative estimate of drug-likeness (QED) is 0.705. The molecule has 0 aromatic heterocycles. The van der Waals surface area contributed by atoms with Crippen LogP contribution in [-0.4, -0.2) is 49.6 Å². The van der Waals surface area contributed by atoms with Crippen LogP contribution in [0.2, 0.25) is 5.02 Å². The van der Waals surface area contributed by atoms with Gasteiger partial charge in [0, 0.05) is 18.1 Å². The summed E-state index contributed by atoms with van der Waals surface area (Å²) in [5.41, 5.74) is 1.93. The first-order valence-corrected chi connectivity index (χ1v) is 9.92. The number of carbonyl (C=O) groups excluding carboxylic acids is 2. The number of ether oxygens (including phenoxy) is 2. The zero-order valence-electron chi connectivity index (χ0n) is 16.1. The molecule has 0 N–H and O–H groups in total. The highest BCUT2D eigenvalue weighted by Gasteiger charge is 2.42. The first kappa shape index (κ1) is 19.5. The largest absolute Gasteiger partial charge is 0.494 e. The molecule has 7 heteroatoms. The van der Waals surface area contributed by atoms with Crippen LogP contribution >= 0.6 is 11.6 Å². The van der Waals surface area contributed by atoms with Crippen LogP contribution in [0, 0.1) is 0 Å². The Morgan fingerprint density at radius 3 is 2.41 bits per heavy atom. The monoisotopic (exact) mass is 412 g/mol. The highest BCUT2D eigenvalue weighted by molar-refractivity contribution is 6.45. The number of hydrogen-bond donors (Lipinski definition) is 0. The number of rotatable bonds is 5. The second kappa shape index (κ2) is 8.27. The van der Waals surface area contributed by atoms with E-state index in [9.17, 15) is 9.59 Å². The average molecular weight is 413 g/mol. The second-order valence-corrected chi connectivity index (χ2v) is 7.14. The van der Waals surface area contributed by atoms with Gasteiger partial charge in [0.05, 0.1) is 31.1 Å². The Balaban J connectivity index is 1.78. The van der Waals surface area contributed by atoms with Gasteiger partial charge < -0.3 is 14.4 Å². The number of anilines is 1. The van der Waals surface area contributed by atoms with Crippen molar-refractivity contribution >= 4 is 34.7 Å². The summed E-state index contributed by atoms with van der Waals surface area (Å²) in [5, 5.41) is 0.463. The maximum Gasteiger partial charge on any atom is 0.282 e. The average Bonchev–Trinajstić information content (AvgIpc) is 2.99. The Hall–Kier alpha value is -2.83. The predicted molar refractivity (Wildman–Crippen MR) is 111 cm³/mol. The normalized spacial score (nSPS) is 17.3. The smallest absolute Gasteiger partial charge is 0.282 e. The van der Waals surface area contributed by atoms with Gasteiger partial charge in [0.25, 0.3) is 11.8 Å². The van der Waals surface area contributed by atoms with E-state index in [1.54, 1.807) is 24.3 Å². The van der Waals surface area contributed by atoms with E-state index in [1.165, 1.54) is 4.90 Å². The summed E-state index contributed by atoms with van der Waals surface area (Å²) in [5.74, 6) is 0.0132. The topological polar surface area (TPSA) is 59.1 Å². The number of amides is 2. The van der Waals surface area contributed by atoms with E-state index in [2.05, 4.69) is 0 Å². The van der Waals surface area contributed by atoms with Gasteiger partial charge in [-0.1, -0.05) is 29.8 Å². The maximum absolute atomic E-state index is 13.4. The van der Waals surface area contributed by atoms with Crippen LogP contribution in [0.4, 0.5) is 5.69 Å². The molecule has 0 aliphatic carbocycles. The summed E-state index contributed by atoms with van der Waals surface area (Å²) < 4.78 is 10.9. The van der Waals surface area contributed by atoms with E-state index >= 15 is 0 Å². The predicted octanol–water partition coefficient (Wildman–Crippen LogP) is 3.36. The molecule has 2 aliphatic heterocycles. The Kier molecular flexibility index (Phi) is 5.56. The highest BCUT2D eigenvalue weighted by atomic mass is 35.5. The van der Waals surface area contributed by atoms with Crippen molar-refractivity contribution in [2.45, 2.75) is 6.92 Å². The van der Waals surface area contributed by atoms with Gasteiger partial charge in [-0.25, -0.2) is 4.90 Å². The zero-order chi connectivity index (χ0) is 20.4. The SMILES string of the molecule is CCOc1ccc(C2=C(N3CCOCC3)C(=O)N(c3cccc(Cl)c3)C2=O)cc1. The van der Waals surface area contributed by atoms with Crippen molar-refractivity contribution in [3.05, 3.63) is 64.8 Å². The van der Waals surface area contributed by atoms with Gasteiger partial charge in [0.2, 0.25) is 0 Å². The minimum atomic E-state index is -0.358. The van der Waals surface area contributed by atoms with E-state index < -0.39 is 0 Å². The molecule has 0 radical (unpaired) electrons. The van der Waals surface area contributed by atoms with Crippen LogP contribution in [0.1, 0.15) is 12.5 Å². The molecule has 2 aromatic carbocycles. The molecule has 0 saturated carbocycles. The summed E-state index contributed by atoms with van der Waals surface area (Å²) in [6, 6.07) is 14.0. The lowest BCUT2D eigenvalue weighted by molar-refractivity contribution is -0.121. The van der Waals surface area contributed by atoms with Crippen LogP contribution in [0.5, 0.6) is 5.75 Å². The lowest BCUT2D eigenvalue weighted by Gasteiger charge is -2.29.